The van der Waals surface area contributed by atoms with Crippen LogP contribution in [0.5, 0.6) is 5.75 Å². The molecular weight excluding hydrogens is 434 g/mol. The van der Waals surface area contributed by atoms with Crippen LogP contribution in [0.25, 0.3) is 0 Å². The maximum atomic E-state index is 12.2. The molecule has 126 valence electrons. The van der Waals surface area contributed by atoms with Crippen LogP contribution in [0.4, 0.5) is 18.9 Å². The number of esters is 2. The number of halogens is 4. The SMILES string of the molecule is COC(=O)/C=C(/Nc1ccc(OC(F)(F)F)cc1I)C(=O)OC. The second kappa shape index (κ2) is 8.04. The molecule has 10 heteroatoms. The van der Waals surface area contributed by atoms with E-state index in [4.69, 9.17) is 0 Å². The van der Waals surface area contributed by atoms with Crippen molar-refractivity contribution in [1.82, 2.24) is 0 Å². The highest BCUT2D eigenvalue weighted by molar-refractivity contribution is 14.1. The minimum absolute atomic E-state index is 0.234. The summed E-state index contributed by atoms with van der Waals surface area (Å²) in [6.45, 7) is 0. The molecule has 0 saturated heterocycles. The number of methoxy groups -OCH3 is 2. The maximum absolute atomic E-state index is 12.2. The number of hydrogen-bond acceptors (Lipinski definition) is 6. The quantitative estimate of drug-likeness (QED) is 0.427. The minimum atomic E-state index is -4.81. The largest absolute Gasteiger partial charge is 0.573 e. The van der Waals surface area contributed by atoms with Crippen LogP contribution in [0.2, 0.25) is 0 Å². The smallest absolute Gasteiger partial charge is 0.466 e. The van der Waals surface area contributed by atoms with Gasteiger partial charge in [0, 0.05) is 3.57 Å². The maximum Gasteiger partial charge on any atom is 0.573 e. The predicted octanol–water partition coefficient (Wildman–Crippen LogP) is 2.83. The van der Waals surface area contributed by atoms with Gasteiger partial charge in [-0.1, -0.05) is 0 Å². The molecule has 1 rings (SSSR count). The Balaban J connectivity index is 3.03. The molecule has 0 bridgehead atoms. The molecule has 6 nitrogen and oxygen atoms in total. The molecule has 1 N–H and O–H groups in total. The van der Waals surface area contributed by atoms with Crippen molar-refractivity contribution < 1.29 is 37.0 Å². The zero-order valence-electron chi connectivity index (χ0n) is 11.9. The zero-order chi connectivity index (χ0) is 17.6. The lowest BCUT2D eigenvalue weighted by atomic mass is 10.2. The molecule has 0 radical (unpaired) electrons. The standard InChI is InChI=1S/C13H11F3INO5/c1-21-11(19)6-10(12(20)22-2)18-9-4-3-7(5-8(9)17)23-13(14,15)16/h3-6,18H,1-2H3/b10-6+. The molecule has 0 saturated carbocycles. The molecule has 0 fully saturated rings. The van der Waals surface area contributed by atoms with Crippen molar-refractivity contribution in [2.24, 2.45) is 0 Å². The van der Waals surface area contributed by atoms with E-state index < -0.39 is 24.1 Å². The molecule has 0 aliphatic heterocycles. The Bertz CT molecular complexity index is 631. The van der Waals surface area contributed by atoms with Crippen LogP contribution in [0.15, 0.2) is 30.0 Å². The zero-order valence-corrected chi connectivity index (χ0v) is 14.0. The molecule has 1 aromatic carbocycles. The van der Waals surface area contributed by atoms with Crippen molar-refractivity contribution in [2.45, 2.75) is 6.36 Å². The summed E-state index contributed by atoms with van der Waals surface area (Å²) in [4.78, 5) is 22.8. The lowest BCUT2D eigenvalue weighted by Gasteiger charge is -2.13. The van der Waals surface area contributed by atoms with Crippen LogP contribution in [-0.4, -0.2) is 32.5 Å². The first-order valence-corrected chi connectivity index (χ1v) is 6.94. The number of hydrogen-bond donors (Lipinski definition) is 1. The fourth-order valence-electron chi connectivity index (χ4n) is 1.37. The van der Waals surface area contributed by atoms with Gasteiger partial charge in [0.1, 0.15) is 11.4 Å². The number of benzene rings is 1. The van der Waals surface area contributed by atoms with Crippen molar-refractivity contribution in [1.29, 1.82) is 0 Å². The second-order valence-corrected chi connectivity index (χ2v) is 5.05. The fraction of sp³-hybridized carbons (Fsp3) is 0.231. The topological polar surface area (TPSA) is 73.9 Å². The van der Waals surface area contributed by atoms with Crippen LogP contribution < -0.4 is 10.1 Å². The van der Waals surface area contributed by atoms with Crippen molar-refractivity contribution in [3.63, 3.8) is 0 Å². The van der Waals surface area contributed by atoms with Gasteiger partial charge in [-0.2, -0.15) is 0 Å². The average molecular weight is 445 g/mol. The van der Waals surface area contributed by atoms with Gasteiger partial charge in [0.2, 0.25) is 0 Å². The Kier molecular flexibility index (Phi) is 6.66. The number of ether oxygens (including phenoxy) is 3. The van der Waals surface area contributed by atoms with Gasteiger partial charge in [0.25, 0.3) is 0 Å². The first kappa shape index (κ1) is 19.1. The van der Waals surface area contributed by atoms with Crippen molar-refractivity contribution in [2.75, 3.05) is 19.5 Å². The molecule has 0 spiro atoms. The highest BCUT2D eigenvalue weighted by atomic mass is 127. The summed E-state index contributed by atoms with van der Waals surface area (Å²) in [6, 6.07) is 3.44. The number of anilines is 1. The van der Waals surface area contributed by atoms with Gasteiger partial charge >= 0.3 is 18.3 Å². The van der Waals surface area contributed by atoms with E-state index in [9.17, 15) is 22.8 Å². The average Bonchev–Trinajstić information content (AvgIpc) is 2.46. The van der Waals surface area contributed by atoms with E-state index in [0.29, 0.717) is 3.57 Å². The third-order valence-electron chi connectivity index (χ3n) is 2.31. The molecule has 0 aliphatic rings. The van der Waals surface area contributed by atoms with Crippen LogP contribution >= 0.6 is 22.6 Å². The lowest BCUT2D eigenvalue weighted by molar-refractivity contribution is -0.274. The number of alkyl halides is 3. The number of nitrogens with one attached hydrogen (secondary N) is 1. The highest BCUT2D eigenvalue weighted by Gasteiger charge is 2.31. The van der Waals surface area contributed by atoms with E-state index >= 15 is 0 Å². The Hall–Kier alpha value is -1.98. The second-order valence-electron chi connectivity index (χ2n) is 3.89. The Labute approximate surface area is 142 Å². The van der Waals surface area contributed by atoms with E-state index in [2.05, 4.69) is 19.5 Å². The third-order valence-corrected chi connectivity index (χ3v) is 3.20. The van der Waals surface area contributed by atoms with Crippen molar-refractivity contribution >= 4 is 40.2 Å². The van der Waals surface area contributed by atoms with Gasteiger partial charge in [0.15, 0.2) is 0 Å². The third kappa shape index (κ3) is 6.34. The van der Waals surface area contributed by atoms with Gasteiger partial charge in [-0.3, -0.25) is 0 Å². The lowest BCUT2D eigenvalue weighted by Crippen LogP contribution is -2.18. The van der Waals surface area contributed by atoms with Crippen LogP contribution in [0.3, 0.4) is 0 Å². The Morgan fingerprint density at radius 2 is 1.87 bits per heavy atom. The van der Waals surface area contributed by atoms with Gasteiger partial charge in [0.05, 0.1) is 26.0 Å². The molecule has 23 heavy (non-hydrogen) atoms. The monoisotopic (exact) mass is 445 g/mol. The first-order chi connectivity index (χ1) is 10.7. The summed E-state index contributed by atoms with van der Waals surface area (Å²) < 4.78 is 49.5. The van der Waals surface area contributed by atoms with Crippen LogP contribution in [-0.2, 0) is 19.1 Å². The van der Waals surface area contributed by atoms with Crippen molar-refractivity contribution in [3.8, 4) is 5.75 Å². The van der Waals surface area contributed by atoms with Crippen LogP contribution in [0.1, 0.15) is 0 Å². The number of carbonyl (C=O) groups is 2. The Morgan fingerprint density at radius 1 is 1.22 bits per heavy atom. The van der Waals surface area contributed by atoms with Gasteiger partial charge in [-0.15, -0.1) is 13.2 Å². The summed E-state index contributed by atoms with van der Waals surface area (Å²) in [6.07, 6.45) is -3.94. The molecular formula is C13H11F3INO5. The molecule has 0 aliphatic carbocycles. The van der Waals surface area contributed by atoms with Gasteiger partial charge in [-0.25, -0.2) is 9.59 Å². The normalized spacial score (nSPS) is 11.7. The molecule has 0 unspecified atom stereocenters. The van der Waals surface area contributed by atoms with Crippen LogP contribution in [0, 0.1) is 3.57 Å². The summed E-state index contributed by atoms with van der Waals surface area (Å²) in [5.41, 5.74) is 0.0439. The van der Waals surface area contributed by atoms with Crippen molar-refractivity contribution in [3.05, 3.63) is 33.5 Å². The number of carbonyl (C=O) groups excluding carboxylic acids is 2. The summed E-state index contributed by atoms with van der Waals surface area (Å²) in [5, 5.41) is 2.59. The van der Waals surface area contributed by atoms with E-state index in [0.717, 1.165) is 32.4 Å². The molecule has 0 atom stereocenters. The van der Waals surface area contributed by atoms with E-state index in [-0.39, 0.29) is 11.4 Å². The molecule has 1 aromatic rings. The van der Waals surface area contributed by atoms with Gasteiger partial charge in [-0.05, 0) is 40.8 Å². The van der Waals surface area contributed by atoms with Gasteiger partial charge < -0.3 is 19.5 Å². The van der Waals surface area contributed by atoms with E-state index in [1.54, 1.807) is 22.6 Å². The Morgan fingerprint density at radius 3 is 2.35 bits per heavy atom. The van der Waals surface area contributed by atoms with E-state index in [1.165, 1.54) is 6.07 Å². The first-order valence-electron chi connectivity index (χ1n) is 5.86. The molecule has 0 amide bonds. The van der Waals surface area contributed by atoms with E-state index in [1.807, 2.05) is 0 Å². The summed E-state index contributed by atoms with van der Waals surface area (Å²) >= 11 is 1.74. The minimum Gasteiger partial charge on any atom is -0.466 e. The number of rotatable bonds is 5. The molecule has 0 aromatic heterocycles. The predicted molar refractivity (Wildman–Crippen MR) is 81.6 cm³/mol. The fourth-order valence-corrected chi connectivity index (χ4v) is 1.99. The summed E-state index contributed by atoms with van der Waals surface area (Å²) in [7, 11) is 2.24. The molecule has 0 heterocycles. The summed E-state index contributed by atoms with van der Waals surface area (Å²) in [5.74, 6) is -2.06. The highest BCUT2D eigenvalue weighted by Crippen LogP contribution is 2.28.